The number of nitrogens with zero attached hydrogens (tertiary/aromatic N) is 2. The highest BCUT2D eigenvalue weighted by atomic mass is 19.1. The van der Waals surface area contributed by atoms with Crippen LogP contribution in [-0.4, -0.2) is 60.6 Å². The van der Waals surface area contributed by atoms with Crippen LogP contribution in [-0.2, 0) is 11.3 Å². The lowest BCUT2D eigenvalue weighted by molar-refractivity contribution is 0.0635. The van der Waals surface area contributed by atoms with Crippen molar-refractivity contribution < 1.29 is 23.5 Å². The Morgan fingerprint density at radius 3 is 2.07 bits per heavy atom. The van der Waals surface area contributed by atoms with Crippen LogP contribution in [0.2, 0.25) is 0 Å². The smallest absolute Gasteiger partial charge is 0.412 e. The van der Waals surface area contributed by atoms with Crippen molar-refractivity contribution in [2.45, 2.75) is 39.8 Å². The van der Waals surface area contributed by atoms with Gasteiger partial charge in [0.15, 0.2) is 0 Å². The number of halogens is 1. The second-order valence-corrected chi connectivity index (χ2v) is 10.9. The van der Waals surface area contributed by atoms with Gasteiger partial charge in [0.1, 0.15) is 11.4 Å². The number of carbonyl (C=O) groups is 3. The van der Waals surface area contributed by atoms with Gasteiger partial charge in [-0.05, 0) is 95.4 Å². The monoisotopic (exact) mass is 563 g/mol. The molecule has 3 aromatic rings. The highest BCUT2D eigenvalue weighted by Crippen LogP contribution is 2.23. The molecule has 0 spiro atoms. The second-order valence-electron chi connectivity index (χ2n) is 10.9. The van der Waals surface area contributed by atoms with Gasteiger partial charge in [-0.2, -0.15) is 0 Å². The molecule has 0 saturated heterocycles. The van der Waals surface area contributed by atoms with Gasteiger partial charge in [0, 0.05) is 30.9 Å². The maximum absolute atomic E-state index is 13.6. The van der Waals surface area contributed by atoms with Crippen molar-refractivity contribution in [1.82, 2.24) is 9.80 Å². The Labute approximate surface area is 240 Å². The maximum Gasteiger partial charge on any atom is 0.412 e. The van der Waals surface area contributed by atoms with E-state index >= 15 is 0 Å². The van der Waals surface area contributed by atoms with Gasteiger partial charge in [0.05, 0.1) is 11.4 Å². The number of ether oxygens (including phenoxy) is 1. The van der Waals surface area contributed by atoms with Gasteiger partial charge >= 0.3 is 12.1 Å². The van der Waals surface area contributed by atoms with Crippen molar-refractivity contribution in [3.05, 3.63) is 89.2 Å². The number of likely N-dealkylation sites (N-methyl/N-ethyl adjacent to an activating group) is 1. The number of nitrogens with one attached hydrogen (secondary N) is 3. The summed E-state index contributed by atoms with van der Waals surface area (Å²) in [4.78, 5) is 41.9. The topological polar surface area (TPSA) is 103 Å². The second kappa shape index (κ2) is 13.8. The molecule has 0 aliphatic heterocycles. The van der Waals surface area contributed by atoms with Crippen LogP contribution in [0, 0.1) is 12.7 Å². The summed E-state index contributed by atoms with van der Waals surface area (Å²) in [5.41, 5.74) is 2.37. The van der Waals surface area contributed by atoms with Gasteiger partial charge in [0.25, 0.3) is 5.91 Å². The fourth-order valence-corrected chi connectivity index (χ4v) is 3.79. The fourth-order valence-electron chi connectivity index (χ4n) is 3.79. The number of para-hydroxylation sites is 2. The summed E-state index contributed by atoms with van der Waals surface area (Å²) in [6.45, 7) is 8.36. The van der Waals surface area contributed by atoms with E-state index in [1.807, 2.05) is 19.0 Å². The quantitative estimate of drug-likeness (QED) is 0.282. The number of hydrogen-bond donors (Lipinski definition) is 3. The number of urea groups is 1. The zero-order valence-corrected chi connectivity index (χ0v) is 24.4. The fraction of sp³-hybridized carbons (Fsp3) is 0.323. The summed E-state index contributed by atoms with van der Waals surface area (Å²) in [5, 5.41) is 8.33. The number of hydrogen-bond acceptors (Lipinski definition) is 5. The lowest BCUT2D eigenvalue weighted by Gasteiger charge is -2.25. The first-order chi connectivity index (χ1) is 19.3. The Morgan fingerprint density at radius 1 is 0.854 bits per heavy atom. The number of amides is 4. The molecule has 4 amide bonds. The summed E-state index contributed by atoms with van der Waals surface area (Å²) in [5.74, 6) is -0.691. The molecule has 0 saturated carbocycles. The molecule has 10 heteroatoms. The van der Waals surface area contributed by atoms with Crippen molar-refractivity contribution >= 4 is 35.1 Å². The molecule has 9 nitrogen and oxygen atoms in total. The van der Waals surface area contributed by atoms with Crippen LogP contribution < -0.4 is 16.0 Å². The molecule has 218 valence electrons. The van der Waals surface area contributed by atoms with E-state index in [-0.39, 0.29) is 17.8 Å². The minimum Gasteiger partial charge on any atom is -0.444 e. The first-order valence-corrected chi connectivity index (χ1v) is 13.3. The summed E-state index contributed by atoms with van der Waals surface area (Å²) in [6.07, 6.45) is -0.624. The Hall–Kier alpha value is -4.44. The summed E-state index contributed by atoms with van der Waals surface area (Å²) in [6, 6.07) is 17.9. The van der Waals surface area contributed by atoms with Crippen molar-refractivity contribution in [3.8, 4) is 0 Å². The molecule has 0 heterocycles. The Morgan fingerprint density at radius 2 is 1.49 bits per heavy atom. The zero-order chi connectivity index (χ0) is 30.2. The predicted octanol–water partition coefficient (Wildman–Crippen LogP) is 6.33. The van der Waals surface area contributed by atoms with Gasteiger partial charge < -0.3 is 25.2 Å². The van der Waals surface area contributed by atoms with Crippen LogP contribution in [0.4, 0.5) is 31.0 Å². The first-order valence-electron chi connectivity index (χ1n) is 13.3. The number of aryl methyl sites for hydroxylation is 1. The Bertz CT molecular complexity index is 1370. The molecule has 0 atom stereocenters. The van der Waals surface area contributed by atoms with Crippen LogP contribution in [0.5, 0.6) is 0 Å². The van der Waals surface area contributed by atoms with Gasteiger partial charge in [0.2, 0.25) is 0 Å². The SMILES string of the molecule is Cc1cc(NC(=O)N(CCN(C)C)Cc2ccc(C(=O)Nc3ccccc3NC(=O)OC(C)(C)C)cc2)ccc1F. The van der Waals surface area contributed by atoms with Crippen LogP contribution in [0.25, 0.3) is 0 Å². The van der Waals surface area contributed by atoms with E-state index in [0.717, 1.165) is 5.56 Å². The van der Waals surface area contributed by atoms with E-state index in [1.165, 1.54) is 12.1 Å². The highest BCUT2D eigenvalue weighted by Gasteiger charge is 2.19. The third-order valence-electron chi connectivity index (χ3n) is 5.91. The molecular weight excluding hydrogens is 525 g/mol. The van der Waals surface area contributed by atoms with Crippen molar-refractivity contribution in [2.24, 2.45) is 0 Å². The number of carbonyl (C=O) groups excluding carboxylic acids is 3. The Balaban J connectivity index is 1.68. The molecule has 41 heavy (non-hydrogen) atoms. The van der Waals surface area contributed by atoms with Crippen molar-refractivity contribution in [1.29, 1.82) is 0 Å². The lowest BCUT2D eigenvalue weighted by Crippen LogP contribution is -2.39. The van der Waals surface area contributed by atoms with Gasteiger partial charge in [-0.15, -0.1) is 0 Å². The van der Waals surface area contributed by atoms with E-state index in [1.54, 1.807) is 87.2 Å². The van der Waals surface area contributed by atoms with Gasteiger partial charge in [-0.3, -0.25) is 10.1 Å². The van der Waals surface area contributed by atoms with E-state index in [4.69, 9.17) is 4.74 Å². The van der Waals surface area contributed by atoms with E-state index in [2.05, 4.69) is 16.0 Å². The third-order valence-corrected chi connectivity index (χ3v) is 5.91. The van der Waals surface area contributed by atoms with Crippen LogP contribution in [0.3, 0.4) is 0 Å². The van der Waals surface area contributed by atoms with Crippen LogP contribution in [0.1, 0.15) is 42.3 Å². The van der Waals surface area contributed by atoms with E-state index < -0.39 is 11.7 Å². The Kier molecular flexibility index (Phi) is 10.4. The van der Waals surface area contributed by atoms with Gasteiger partial charge in [-0.25, -0.2) is 14.0 Å². The molecule has 0 aliphatic rings. The maximum atomic E-state index is 13.6. The summed E-state index contributed by atoms with van der Waals surface area (Å²) in [7, 11) is 3.85. The molecule has 0 aliphatic carbocycles. The van der Waals surface area contributed by atoms with E-state index in [9.17, 15) is 18.8 Å². The minimum atomic E-state index is -0.660. The molecule has 3 aromatic carbocycles. The van der Waals surface area contributed by atoms with Crippen LogP contribution in [0.15, 0.2) is 66.7 Å². The third kappa shape index (κ3) is 9.91. The summed E-state index contributed by atoms with van der Waals surface area (Å²) < 4.78 is 19.0. The molecule has 0 radical (unpaired) electrons. The molecule has 0 fully saturated rings. The molecule has 0 bridgehead atoms. The number of rotatable bonds is 9. The number of benzene rings is 3. The standard InChI is InChI=1S/C31H38FN5O4/c1-21-19-24(15-16-25(21)32)33-29(39)37(18-17-36(5)6)20-22-11-13-23(14-12-22)28(38)34-26-9-7-8-10-27(26)35-30(40)41-31(2,3)4/h7-16,19H,17-18,20H2,1-6H3,(H,33,39)(H,34,38)(H,35,40). The van der Waals surface area contributed by atoms with Crippen molar-refractivity contribution in [2.75, 3.05) is 43.1 Å². The predicted molar refractivity (Wildman–Crippen MR) is 160 cm³/mol. The average molecular weight is 564 g/mol. The molecule has 0 unspecified atom stereocenters. The van der Waals surface area contributed by atoms with E-state index in [0.29, 0.717) is 47.8 Å². The summed E-state index contributed by atoms with van der Waals surface area (Å²) >= 11 is 0. The molecule has 3 rings (SSSR count). The molecule has 3 N–H and O–H groups in total. The minimum absolute atomic E-state index is 0.310. The number of anilines is 3. The normalized spacial score (nSPS) is 11.1. The molecule has 0 aromatic heterocycles. The lowest BCUT2D eigenvalue weighted by atomic mass is 10.1. The van der Waals surface area contributed by atoms with Crippen LogP contribution >= 0.6 is 0 Å². The largest absolute Gasteiger partial charge is 0.444 e. The van der Waals surface area contributed by atoms with Crippen molar-refractivity contribution in [3.63, 3.8) is 0 Å². The zero-order valence-electron chi connectivity index (χ0n) is 24.4. The highest BCUT2D eigenvalue weighted by molar-refractivity contribution is 6.06. The van der Waals surface area contributed by atoms with Gasteiger partial charge in [-0.1, -0.05) is 24.3 Å². The first kappa shape index (κ1) is 31.1. The molecular formula is C31H38FN5O4. The average Bonchev–Trinajstić information content (AvgIpc) is 2.89.